The molecule has 1 saturated carbocycles. The van der Waals surface area contributed by atoms with Gasteiger partial charge in [-0.25, -0.2) is 8.78 Å². The average molecular weight is 374 g/mol. The standard InChI is InChI=1S/C19H22F4O3/c1-8(2)7-10-12(19(10,4)5)18(24)26-9(3)11-13(20)15(22)17(25-6)16(23)14(11)21/h7,9-10,12H,1-6H3. The number of benzene rings is 1. The molecule has 0 aromatic heterocycles. The van der Waals surface area contributed by atoms with Crippen molar-refractivity contribution in [3.8, 4) is 5.75 Å². The quantitative estimate of drug-likeness (QED) is 0.312. The first kappa shape index (κ1) is 20.3. The van der Waals surface area contributed by atoms with Gasteiger partial charge in [-0.3, -0.25) is 4.79 Å². The van der Waals surface area contributed by atoms with Gasteiger partial charge in [0.25, 0.3) is 0 Å². The van der Waals surface area contributed by atoms with Gasteiger partial charge in [-0.2, -0.15) is 8.78 Å². The molecule has 0 saturated heterocycles. The molecule has 0 aliphatic heterocycles. The Hall–Kier alpha value is -2.05. The summed E-state index contributed by atoms with van der Waals surface area (Å²) < 4.78 is 65.4. The molecule has 1 aromatic rings. The average Bonchev–Trinajstić information content (AvgIpc) is 3.06. The molecule has 1 aliphatic carbocycles. The number of carbonyl (C=O) groups excluding carboxylic acids is 1. The lowest BCUT2D eigenvalue weighted by Crippen LogP contribution is -2.17. The van der Waals surface area contributed by atoms with E-state index in [0.29, 0.717) is 0 Å². The van der Waals surface area contributed by atoms with E-state index < -0.39 is 52.6 Å². The summed E-state index contributed by atoms with van der Waals surface area (Å²) >= 11 is 0. The molecule has 3 nitrogen and oxygen atoms in total. The van der Waals surface area contributed by atoms with E-state index in [1.54, 1.807) is 0 Å². The summed E-state index contributed by atoms with van der Waals surface area (Å²) in [6.45, 7) is 8.71. The molecule has 144 valence electrons. The molecular formula is C19H22F4O3. The number of hydrogen-bond acceptors (Lipinski definition) is 3. The lowest BCUT2D eigenvalue weighted by atomic mass is 10.1. The molecule has 3 unspecified atom stereocenters. The number of hydrogen-bond donors (Lipinski definition) is 0. The van der Waals surface area contributed by atoms with Crippen LogP contribution in [-0.2, 0) is 9.53 Å². The molecule has 1 aromatic carbocycles. The van der Waals surface area contributed by atoms with Gasteiger partial charge < -0.3 is 9.47 Å². The Balaban J connectivity index is 2.28. The first-order valence-electron chi connectivity index (χ1n) is 8.20. The molecule has 0 spiro atoms. The predicted molar refractivity (Wildman–Crippen MR) is 87.5 cm³/mol. The maximum absolute atomic E-state index is 14.1. The zero-order valence-corrected chi connectivity index (χ0v) is 15.5. The number of methoxy groups -OCH3 is 1. The SMILES string of the molecule is COc1c(F)c(F)c(C(C)OC(=O)C2C(C=C(C)C)C2(C)C)c(F)c1F. The Morgan fingerprint density at radius 3 is 2.00 bits per heavy atom. The molecule has 0 radical (unpaired) electrons. The Morgan fingerprint density at radius 1 is 1.08 bits per heavy atom. The molecule has 0 bridgehead atoms. The molecule has 0 amide bonds. The van der Waals surface area contributed by atoms with Crippen molar-refractivity contribution in [3.63, 3.8) is 0 Å². The van der Waals surface area contributed by atoms with Crippen LogP contribution in [0.25, 0.3) is 0 Å². The Bertz CT molecular complexity index is 738. The minimum absolute atomic E-state index is 0.0637. The normalized spacial score (nSPS) is 21.8. The molecule has 1 fully saturated rings. The van der Waals surface area contributed by atoms with Crippen LogP contribution in [0.3, 0.4) is 0 Å². The van der Waals surface area contributed by atoms with Gasteiger partial charge in [-0.15, -0.1) is 0 Å². The van der Waals surface area contributed by atoms with Crippen molar-refractivity contribution < 1.29 is 31.8 Å². The Morgan fingerprint density at radius 2 is 1.58 bits per heavy atom. The second kappa shape index (κ2) is 6.93. The van der Waals surface area contributed by atoms with Crippen LogP contribution in [0.2, 0.25) is 0 Å². The molecule has 0 N–H and O–H groups in total. The van der Waals surface area contributed by atoms with Crippen molar-refractivity contribution in [1.29, 1.82) is 0 Å². The fraction of sp³-hybridized carbons (Fsp3) is 0.526. The van der Waals surface area contributed by atoms with Gasteiger partial charge in [0.05, 0.1) is 18.6 Å². The van der Waals surface area contributed by atoms with E-state index in [-0.39, 0.29) is 11.3 Å². The summed E-state index contributed by atoms with van der Waals surface area (Å²) in [5, 5.41) is 0. The highest BCUT2D eigenvalue weighted by atomic mass is 19.2. The number of rotatable bonds is 5. The number of esters is 1. The van der Waals surface area contributed by atoms with Gasteiger partial charge in [0.1, 0.15) is 6.10 Å². The van der Waals surface area contributed by atoms with E-state index in [2.05, 4.69) is 4.74 Å². The molecule has 3 atom stereocenters. The van der Waals surface area contributed by atoms with Gasteiger partial charge in [0.2, 0.25) is 11.6 Å². The summed E-state index contributed by atoms with van der Waals surface area (Å²) in [5.41, 5.74) is -0.309. The third-order valence-corrected chi connectivity index (χ3v) is 4.84. The van der Waals surface area contributed by atoms with Crippen LogP contribution in [0, 0.1) is 40.5 Å². The van der Waals surface area contributed by atoms with Crippen molar-refractivity contribution in [2.75, 3.05) is 7.11 Å². The second-order valence-electron chi connectivity index (χ2n) is 7.35. The monoisotopic (exact) mass is 374 g/mol. The van der Waals surface area contributed by atoms with Crippen LogP contribution in [0.5, 0.6) is 5.75 Å². The van der Waals surface area contributed by atoms with E-state index >= 15 is 0 Å². The van der Waals surface area contributed by atoms with E-state index in [1.807, 2.05) is 33.8 Å². The van der Waals surface area contributed by atoms with E-state index in [1.165, 1.54) is 0 Å². The fourth-order valence-corrected chi connectivity index (χ4v) is 3.27. The van der Waals surface area contributed by atoms with Crippen LogP contribution < -0.4 is 4.74 Å². The van der Waals surface area contributed by atoms with Crippen LogP contribution in [0.15, 0.2) is 11.6 Å². The van der Waals surface area contributed by atoms with Crippen LogP contribution in [-0.4, -0.2) is 13.1 Å². The molecule has 1 aliphatic rings. The Kier molecular flexibility index (Phi) is 5.40. The largest absolute Gasteiger partial charge is 0.491 e. The van der Waals surface area contributed by atoms with E-state index in [4.69, 9.17) is 4.74 Å². The smallest absolute Gasteiger partial charge is 0.310 e. The van der Waals surface area contributed by atoms with Crippen LogP contribution in [0.1, 0.15) is 46.3 Å². The zero-order valence-electron chi connectivity index (χ0n) is 15.5. The van der Waals surface area contributed by atoms with Crippen LogP contribution >= 0.6 is 0 Å². The first-order valence-corrected chi connectivity index (χ1v) is 8.20. The van der Waals surface area contributed by atoms with E-state index in [9.17, 15) is 22.4 Å². The lowest BCUT2D eigenvalue weighted by molar-refractivity contribution is -0.151. The number of halogens is 4. The lowest BCUT2D eigenvalue weighted by Gasteiger charge is -2.17. The molecule has 7 heteroatoms. The molecule has 2 rings (SSSR count). The minimum atomic E-state index is -1.67. The van der Waals surface area contributed by atoms with Crippen molar-refractivity contribution in [2.24, 2.45) is 17.3 Å². The van der Waals surface area contributed by atoms with Gasteiger partial charge in [-0.05, 0) is 32.1 Å². The highest BCUT2D eigenvalue weighted by molar-refractivity contribution is 5.78. The van der Waals surface area contributed by atoms with Gasteiger partial charge in [0.15, 0.2) is 17.4 Å². The van der Waals surface area contributed by atoms with Gasteiger partial charge >= 0.3 is 5.97 Å². The highest BCUT2D eigenvalue weighted by Crippen LogP contribution is 2.60. The topological polar surface area (TPSA) is 35.5 Å². The van der Waals surface area contributed by atoms with Crippen LogP contribution in [0.4, 0.5) is 17.6 Å². The predicted octanol–water partition coefficient (Wildman–Crippen LogP) is 5.09. The fourth-order valence-electron chi connectivity index (χ4n) is 3.27. The number of ether oxygens (including phenoxy) is 2. The maximum atomic E-state index is 14.1. The highest BCUT2D eigenvalue weighted by Gasteiger charge is 2.61. The van der Waals surface area contributed by atoms with Gasteiger partial charge in [0, 0.05) is 0 Å². The minimum Gasteiger partial charge on any atom is -0.491 e. The molecule has 26 heavy (non-hydrogen) atoms. The number of carbonyl (C=O) groups is 1. The molecular weight excluding hydrogens is 352 g/mol. The maximum Gasteiger partial charge on any atom is 0.310 e. The van der Waals surface area contributed by atoms with Crippen molar-refractivity contribution in [2.45, 2.75) is 40.7 Å². The summed E-state index contributed by atoms with van der Waals surface area (Å²) in [6, 6.07) is 0. The van der Waals surface area contributed by atoms with E-state index in [0.717, 1.165) is 19.6 Å². The second-order valence-corrected chi connectivity index (χ2v) is 7.35. The number of allylic oxidation sites excluding steroid dienone is 2. The molecule has 0 heterocycles. The summed E-state index contributed by atoms with van der Waals surface area (Å²) in [7, 11) is 0.891. The Labute approximate surface area is 150 Å². The van der Waals surface area contributed by atoms with Crippen molar-refractivity contribution in [3.05, 3.63) is 40.5 Å². The van der Waals surface area contributed by atoms with Crippen molar-refractivity contribution >= 4 is 5.97 Å². The summed E-state index contributed by atoms with van der Waals surface area (Å²) in [4.78, 5) is 12.4. The van der Waals surface area contributed by atoms with Gasteiger partial charge in [-0.1, -0.05) is 25.5 Å². The zero-order chi connectivity index (χ0) is 20.0. The van der Waals surface area contributed by atoms with Crippen molar-refractivity contribution in [1.82, 2.24) is 0 Å². The first-order chi connectivity index (χ1) is 11.9. The summed E-state index contributed by atoms with van der Waals surface area (Å²) in [6.07, 6.45) is 0.436. The third kappa shape index (κ3) is 3.31. The third-order valence-electron chi connectivity index (χ3n) is 4.84. The summed E-state index contributed by atoms with van der Waals surface area (Å²) in [5.74, 6) is -8.99.